The Kier molecular flexibility index (Phi) is 4.63. The Balaban J connectivity index is 1.55. The van der Waals surface area contributed by atoms with Crippen LogP contribution < -0.4 is 9.80 Å². The normalized spacial score (nSPS) is 16.6. The van der Waals surface area contributed by atoms with Crippen LogP contribution in [0.15, 0.2) is 47.0 Å². The fraction of sp³-hybridized carbons (Fsp3) is 0.318. The number of anilines is 2. The van der Waals surface area contributed by atoms with Gasteiger partial charge in [-0.2, -0.15) is 4.98 Å². The topological polar surface area (TPSA) is 62.5 Å². The second-order valence-electron chi connectivity index (χ2n) is 7.58. The first-order valence-corrected chi connectivity index (χ1v) is 9.41. The van der Waals surface area contributed by atoms with E-state index < -0.39 is 0 Å². The standard InChI is InChI=1S/C22H24N4O2/c1-14-8-9-19(10-15(14)2)26-13-17(12-20(26)27)21-23-22(28-24-21)16-6-5-7-18(11-16)25(3)4/h5-11,17H,12-13H2,1-4H3. The van der Waals surface area contributed by atoms with E-state index in [1.165, 1.54) is 11.1 Å². The van der Waals surface area contributed by atoms with E-state index in [1.54, 1.807) is 0 Å². The quantitative estimate of drug-likeness (QED) is 0.690. The van der Waals surface area contributed by atoms with E-state index in [2.05, 4.69) is 36.1 Å². The van der Waals surface area contributed by atoms with Crippen molar-refractivity contribution in [2.45, 2.75) is 26.2 Å². The Hall–Kier alpha value is -3.15. The van der Waals surface area contributed by atoms with Crippen LogP contribution in [0.3, 0.4) is 0 Å². The second-order valence-corrected chi connectivity index (χ2v) is 7.58. The number of aromatic nitrogens is 2. The highest BCUT2D eigenvalue weighted by Crippen LogP contribution is 2.32. The molecule has 1 aromatic heterocycles. The molecule has 0 N–H and O–H groups in total. The fourth-order valence-electron chi connectivity index (χ4n) is 3.46. The van der Waals surface area contributed by atoms with E-state index in [0.717, 1.165) is 16.9 Å². The number of amides is 1. The van der Waals surface area contributed by atoms with Gasteiger partial charge in [-0.1, -0.05) is 17.3 Å². The smallest absolute Gasteiger partial charge is 0.258 e. The molecule has 4 rings (SSSR count). The monoisotopic (exact) mass is 376 g/mol. The van der Waals surface area contributed by atoms with Crippen LogP contribution in [0.1, 0.15) is 29.3 Å². The van der Waals surface area contributed by atoms with Gasteiger partial charge >= 0.3 is 0 Å². The molecule has 0 saturated carbocycles. The van der Waals surface area contributed by atoms with Crippen LogP contribution in [0.25, 0.3) is 11.5 Å². The highest BCUT2D eigenvalue weighted by molar-refractivity contribution is 5.96. The summed E-state index contributed by atoms with van der Waals surface area (Å²) in [5, 5.41) is 4.16. The number of aryl methyl sites for hydroxylation is 2. The highest BCUT2D eigenvalue weighted by Gasteiger charge is 2.34. The van der Waals surface area contributed by atoms with Crippen molar-refractivity contribution in [3.05, 3.63) is 59.4 Å². The van der Waals surface area contributed by atoms with E-state index in [0.29, 0.717) is 24.7 Å². The van der Waals surface area contributed by atoms with Crippen LogP contribution in [0.4, 0.5) is 11.4 Å². The molecule has 6 nitrogen and oxygen atoms in total. The zero-order valence-corrected chi connectivity index (χ0v) is 16.6. The van der Waals surface area contributed by atoms with Gasteiger partial charge in [0.25, 0.3) is 5.89 Å². The molecule has 1 aliphatic heterocycles. The number of carbonyl (C=O) groups excluding carboxylic acids is 1. The van der Waals surface area contributed by atoms with Gasteiger partial charge in [-0.25, -0.2) is 0 Å². The van der Waals surface area contributed by atoms with E-state index in [4.69, 9.17) is 4.52 Å². The Morgan fingerprint density at radius 2 is 1.93 bits per heavy atom. The number of hydrogen-bond donors (Lipinski definition) is 0. The largest absolute Gasteiger partial charge is 0.378 e. The van der Waals surface area contributed by atoms with Gasteiger partial charge in [0.1, 0.15) is 0 Å². The van der Waals surface area contributed by atoms with Crippen LogP contribution in [-0.4, -0.2) is 36.7 Å². The van der Waals surface area contributed by atoms with Crippen molar-refractivity contribution in [1.29, 1.82) is 0 Å². The third kappa shape index (κ3) is 3.38. The lowest BCUT2D eigenvalue weighted by molar-refractivity contribution is -0.117. The minimum atomic E-state index is -0.0661. The van der Waals surface area contributed by atoms with Crippen molar-refractivity contribution in [3.8, 4) is 11.5 Å². The van der Waals surface area contributed by atoms with Crippen LogP contribution in [0.5, 0.6) is 0 Å². The van der Waals surface area contributed by atoms with Crippen molar-refractivity contribution in [3.63, 3.8) is 0 Å². The molecule has 2 heterocycles. The molecule has 1 unspecified atom stereocenters. The number of nitrogens with zero attached hydrogens (tertiary/aromatic N) is 4. The van der Waals surface area contributed by atoms with Crippen molar-refractivity contribution < 1.29 is 9.32 Å². The minimum Gasteiger partial charge on any atom is -0.378 e. The van der Waals surface area contributed by atoms with Gasteiger partial charge < -0.3 is 14.3 Å². The Bertz CT molecular complexity index is 1020. The number of hydrogen-bond acceptors (Lipinski definition) is 5. The molecular weight excluding hydrogens is 352 g/mol. The molecule has 2 aromatic carbocycles. The molecule has 3 aromatic rings. The van der Waals surface area contributed by atoms with E-state index in [-0.39, 0.29) is 11.8 Å². The van der Waals surface area contributed by atoms with Gasteiger partial charge in [0, 0.05) is 49.9 Å². The lowest BCUT2D eigenvalue weighted by Crippen LogP contribution is -2.24. The molecule has 144 valence electrons. The molecule has 1 atom stereocenters. The average Bonchev–Trinajstić information content (AvgIpc) is 3.31. The van der Waals surface area contributed by atoms with Crippen LogP contribution in [0.2, 0.25) is 0 Å². The van der Waals surface area contributed by atoms with Gasteiger partial charge in [0.05, 0.1) is 0 Å². The zero-order valence-electron chi connectivity index (χ0n) is 16.6. The summed E-state index contributed by atoms with van der Waals surface area (Å²) in [6.45, 7) is 4.70. The molecule has 1 amide bonds. The number of rotatable bonds is 4. The van der Waals surface area contributed by atoms with Crippen LogP contribution >= 0.6 is 0 Å². The summed E-state index contributed by atoms with van der Waals surface area (Å²) < 4.78 is 5.50. The van der Waals surface area contributed by atoms with Crippen LogP contribution in [-0.2, 0) is 4.79 Å². The first kappa shape index (κ1) is 18.2. The first-order chi connectivity index (χ1) is 13.4. The van der Waals surface area contributed by atoms with E-state index in [9.17, 15) is 4.79 Å². The van der Waals surface area contributed by atoms with Crippen molar-refractivity contribution in [2.24, 2.45) is 0 Å². The summed E-state index contributed by atoms with van der Waals surface area (Å²) in [7, 11) is 3.98. The molecule has 1 saturated heterocycles. The summed E-state index contributed by atoms with van der Waals surface area (Å²) in [6.07, 6.45) is 0.392. The van der Waals surface area contributed by atoms with E-state index >= 15 is 0 Å². The Labute approximate surface area is 164 Å². The maximum absolute atomic E-state index is 12.6. The molecule has 0 radical (unpaired) electrons. The molecule has 0 spiro atoms. The summed E-state index contributed by atoms with van der Waals surface area (Å²) in [5.41, 5.74) is 5.26. The lowest BCUT2D eigenvalue weighted by atomic mass is 10.1. The maximum Gasteiger partial charge on any atom is 0.258 e. The van der Waals surface area contributed by atoms with Crippen molar-refractivity contribution >= 4 is 17.3 Å². The summed E-state index contributed by atoms with van der Waals surface area (Å²) in [5.74, 6) is 1.10. The second kappa shape index (κ2) is 7.11. The fourth-order valence-corrected chi connectivity index (χ4v) is 3.46. The predicted molar refractivity (Wildman–Crippen MR) is 110 cm³/mol. The number of carbonyl (C=O) groups is 1. The maximum atomic E-state index is 12.6. The zero-order chi connectivity index (χ0) is 19.8. The predicted octanol–water partition coefficient (Wildman–Crippen LogP) is 3.94. The number of benzene rings is 2. The minimum absolute atomic E-state index is 0.0661. The van der Waals surface area contributed by atoms with E-state index in [1.807, 2.05) is 54.2 Å². The third-order valence-electron chi connectivity index (χ3n) is 5.34. The first-order valence-electron chi connectivity index (χ1n) is 9.41. The molecule has 1 aliphatic rings. The van der Waals surface area contributed by atoms with Gasteiger partial charge in [-0.05, 0) is 55.3 Å². The molecule has 1 fully saturated rings. The summed E-state index contributed by atoms with van der Waals surface area (Å²) >= 11 is 0. The Morgan fingerprint density at radius 3 is 2.68 bits per heavy atom. The third-order valence-corrected chi connectivity index (χ3v) is 5.34. The lowest BCUT2D eigenvalue weighted by Gasteiger charge is -2.17. The SMILES string of the molecule is Cc1ccc(N2CC(c3noc(-c4cccc(N(C)C)c4)n3)CC2=O)cc1C. The Morgan fingerprint density at radius 1 is 1.11 bits per heavy atom. The molecular formula is C22H24N4O2. The highest BCUT2D eigenvalue weighted by atomic mass is 16.5. The van der Waals surface area contributed by atoms with Gasteiger partial charge in [-0.15, -0.1) is 0 Å². The molecule has 0 bridgehead atoms. The summed E-state index contributed by atoms with van der Waals surface area (Å²) in [6, 6.07) is 14.1. The van der Waals surface area contributed by atoms with Crippen LogP contribution in [0, 0.1) is 13.8 Å². The van der Waals surface area contributed by atoms with Crippen molar-refractivity contribution in [2.75, 3.05) is 30.4 Å². The molecule has 28 heavy (non-hydrogen) atoms. The van der Waals surface area contributed by atoms with Gasteiger partial charge in [-0.3, -0.25) is 4.79 Å². The van der Waals surface area contributed by atoms with Gasteiger partial charge in [0.2, 0.25) is 5.91 Å². The van der Waals surface area contributed by atoms with Crippen molar-refractivity contribution in [1.82, 2.24) is 10.1 Å². The van der Waals surface area contributed by atoms with Gasteiger partial charge in [0.15, 0.2) is 5.82 Å². The molecule has 0 aliphatic carbocycles. The summed E-state index contributed by atoms with van der Waals surface area (Å²) in [4.78, 5) is 21.0. The average molecular weight is 376 g/mol. The molecule has 6 heteroatoms.